The first-order chi connectivity index (χ1) is 15.1. The van der Waals surface area contributed by atoms with E-state index in [-0.39, 0.29) is 17.1 Å². The predicted octanol–water partition coefficient (Wildman–Crippen LogP) is 4.07. The number of aryl methyl sites for hydroxylation is 1. The van der Waals surface area contributed by atoms with Crippen molar-refractivity contribution in [3.63, 3.8) is 0 Å². The molecule has 1 amide bonds. The van der Waals surface area contributed by atoms with Crippen LogP contribution in [0, 0.1) is 5.92 Å². The van der Waals surface area contributed by atoms with Gasteiger partial charge in [0.05, 0.1) is 5.56 Å². The summed E-state index contributed by atoms with van der Waals surface area (Å²) in [6.45, 7) is 4.53. The number of hydrogen-bond donors (Lipinski definition) is 2. The van der Waals surface area contributed by atoms with Gasteiger partial charge >= 0.3 is 17.9 Å². The zero-order valence-electron chi connectivity index (χ0n) is 17.9. The van der Waals surface area contributed by atoms with Gasteiger partial charge in [0.15, 0.2) is 11.5 Å². The molecule has 9 heteroatoms. The molecule has 1 heterocycles. The number of esters is 2. The number of carboxylic acids is 1. The summed E-state index contributed by atoms with van der Waals surface area (Å²) >= 11 is 1.31. The van der Waals surface area contributed by atoms with Gasteiger partial charge in [-0.1, -0.05) is 13.0 Å². The molecule has 1 atom stereocenters. The van der Waals surface area contributed by atoms with Gasteiger partial charge < -0.3 is 19.9 Å². The normalized spacial score (nSPS) is 15.2. The molecule has 1 aromatic carbocycles. The van der Waals surface area contributed by atoms with Gasteiger partial charge in [-0.2, -0.15) is 0 Å². The molecule has 168 valence electrons. The molecule has 0 saturated heterocycles. The highest BCUT2D eigenvalue weighted by Crippen LogP contribution is 2.39. The van der Waals surface area contributed by atoms with Crippen molar-refractivity contribution in [3.05, 3.63) is 45.8 Å². The molecular weight excluding hydrogens is 434 g/mol. The van der Waals surface area contributed by atoms with E-state index >= 15 is 0 Å². The number of ether oxygens (including phenoxy) is 2. The Bertz CT molecular complexity index is 1120. The van der Waals surface area contributed by atoms with E-state index in [0.29, 0.717) is 22.9 Å². The maximum atomic E-state index is 12.5. The fourth-order valence-corrected chi connectivity index (χ4v) is 4.74. The summed E-state index contributed by atoms with van der Waals surface area (Å²) in [6, 6.07) is 4.49. The highest BCUT2D eigenvalue weighted by Gasteiger charge is 2.28. The lowest BCUT2D eigenvalue weighted by atomic mass is 9.88. The molecular formula is C23H23NO7S. The highest BCUT2D eigenvalue weighted by atomic mass is 32.1. The van der Waals surface area contributed by atoms with Crippen LogP contribution in [0.1, 0.15) is 53.6 Å². The summed E-state index contributed by atoms with van der Waals surface area (Å²) in [5.41, 5.74) is 1.50. The standard InChI is InChI=1S/C23H23NO7S/c1-12-4-8-19-16(10-12)21(23(28)29)22(32-19)24-20(27)9-6-15-5-7-17(30-13(2)25)18(11-15)31-14(3)26/h5-7,9,11-12H,4,8,10H2,1-3H3,(H,24,27)(H,28,29)/b9-6+. The molecule has 0 aliphatic heterocycles. The van der Waals surface area contributed by atoms with Crippen LogP contribution < -0.4 is 14.8 Å². The first-order valence-electron chi connectivity index (χ1n) is 10.0. The SMILES string of the molecule is CC(=O)Oc1ccc(/C=C/C(=O)Nc2sc3c(c2C(=O)O)CC(C)CC3)cc1OC(C)=O. The van der Waals surface area contributed by atoms with E-state index < -0.39 is 23.8 Å². The van der Waals surface area contributed by atoms with Crippen LogP contribution in [-0.4, -0.2) is 28.9 Å². The summed E-state index contributed by atoms with van der Waals surface area (Å²) in [5.74, 6) is -2.17. The van der Waals surface area contributed by atoms with Crippen molar-refractivity contribution in [2.75, 3.05) is 5.32 Å². The second kappa shape index (κ2) is 9.78. The largest absolute Gasteiger partial charge is 0.478 e. The molecule has 0 fully saturated rings. The zero-order chi connectivity index (χ0) is 23.4. The van der Waals surface area contributed by atoms with Crippen LogP contribution in [0.2, 0.25) is 0 Å². The van der Waals surface area contributed by atoms with E-state index in [0.717, 1.165) is 23.3 Å². The summed E-state index contributed by atoms with van der Waals surface area (Å²) < 4.78 is 10.1. The highest BCUT2D eigenvalue weighted by molar-refractivity contribution is 7.17. The molecule has 0 bridgehead atoms. The van der Waals surface area contributed by atoms with Crippen LogP contribution in [0.5, 0.6) is 11.5 Å². The van der Waals surface area contributed by atoms with Gasteiger partial charge in [0.1, 0.15) is 5.00 Å². The van der Waals surface area contributed by atoms with Gasteiger partial charge in [-0.25, -0.2) is 4.79 Å². The van der Waals surface area contributed by atoms with Crippen molar-refractivity contribution < 1.29 is 33.8 Å². The first kappa shape index (κ1) is 23.2. The maximum Gasteiger partial charge on any atom is 0.339 e. The summed E-state index contributed by atoms with van der Waals surface area (Å²) in [7, 11) is 0. The Kier molecular flexibility index (Phi) is 7.09. The van der Waals surface area contributed by atoms with E-state index in [2.05, 4.69) is 12.2 Å². The molecule has 1 unspecified atom stereocenters. The Hall–Kier alpha value is -3.46. The topological polar surface area (TPSA) is 119 Å². The van der Waals surface area contributed by atoms with Gasteiger partial charge in [-0.05, 0) is 54.5 Å². The predicted molar refractivity (Wildman–Crippen MR) is 119 cm³/mol. The van der Waals surface area contributed by atoms with Crippen LogP contribution in [0.4, 0.5) is 5.00 Å². The van der Waals surface area contributed by atoms with Gasteiger partial charge in [0.25, 0.3) is 0 Å². The number of carbonyl (C=O) groups excluding carboxylic acids is 3. The summed E-state index contributed by atoms with van der Waals surface area (Å²) in [4.78, 5) is 47.8. The number of nitrogens with one attached hydrogen (secondary N) is 1. The maximum absolute atomic E-state index is 12.5. The molecule has 0 spiro atoms. The van der Waals surface area contributed by atoms with Crippen molar-refractivity contribution in [2.45, 2.75) is 40.0 Å². The lowest BCUT2D eigenvalue weighted by molar-refractivity contribution is -0.134. The molecule has 1 aliphatic carbocycles. The number of amides is 1. The minimum absolute atomic E-state index is 0.0449. The Labute approximate surface area is 188 Å². The average molecular weight is 458 g/mol. The van der Waals surface area contributed by atoms with E-state index in [1.54, 1.807) is 6.07 Å². The Morgan fingerprint density at radius 3 is 2.47 bits per heavy atom. The fraction of sp³-hybridized carbons (Fsp3) is 0.304. The van der Waals surface area contributed by atoms with Gasteiger partial charge in [-0.15, -0.1) is 11.3 Å². The van der Waals surface area contributed by atoms with Gasteiger partial charge in [-0.3, -0.25) is 14.4 Å². The molecule has 1 aliphatic rings. The summed E-state index contributed by atoms with van der Waals surface area (Å²) in [5, 5.41) is 12.7. The second-order valence-corrected chi connectivity index (χ2v) is 8.68. The molecule has 1 aromatic heterocycles. The van der Waals surface area contributed by atoms with Crippen LogP contribution in [-0.2, 0) is 27.2 Å². The third-order valence-corrected chi connectivity index (χ3v) is 6.07. The zero-order valence-corrected chi connectivity index (χ0v) is 18.7. The van der Waals surface area contributed by atoms with Crippen LogP contribution in [0.15, 0.2) is 24.3 Å². The van der Waals surface area contributed by atoms with Gasteiger partial charge in [0, 0.05) is 24.8 Å². The minimum Gasteiger partial charge on any atom is -0.478 e. The van der Waals surface area contributed by atoms with E-state index in [4.69, 9.17) is 9.47 Å². The molecule has 8 nitrogen and oxygen atoms in total. The monoisotopic (exact) mass is 457 g/mol. The smallest absolute Gasteiger partial charge is 0.339 e. The third kappa shape index (κ3) is 5.61. The van der Waals surface area contributed by atoms with Crippen LogP contribution >= 0.6 is 11.3 Å². The molecule has 0 radical (unpaired) electrons. The van der Waals surface area contributed by atoms with Crippen molar-refractivity contribution in [1.82, 2.24) is 0 Å². The number of benzene rings is 1. The van der Waals surface area contributed by atoms with Crippen LogP contribution in [0.25, 0.3) is 6.08 Å². The number of rotatable bonds is 6. The summed E-state index contributed by atoms with van der Waals surface area (Å²) in [6.07, 6.45) is 5.22. The van der Waals surface area contributed by atoms with Crippen molar-refractivity contribution in [1.29, 1.82) is 0 Å². The number of thiophene rings is 1. The second-order valence-electron chi connectivity index (χ2n) is 7.58. The Balaban J connectivity index is 1.79. The first-order valence-corrected chi connectivity index (χ1v) is 10.8. The average Bonchev–Trinajstić information content (AvgIpc) is 3.04. The quantitative estimate of drug-likeness (QED) is 0.381. The lowest BCUT2D eigenvalue weighted by Gasteiger charge is -2.18. The third-order valence-electron chi connectivity index (χ3n) is 4.86. The number of fused-ring (bicyclic) bond motifs is 1. The van der Waals surface area contributed by atoms with Crippen molar-refractivity contribution in [2.24, 2.45) is 5.92 Å². The molecule has 2 N–H and O–H groups in total. The number of carboxylic acid groups (broad SMARTS) is 1. The molecule has 3 rings (SSSR count). The van der Waals surface area contributed by atoms with Crippen molar-refractivity contribution in [3.8, 4) is 11.5 Å². The Morgan fingerprint density at radius 2 is 1.81 bits per heavy atom. The fourth-order valence-electron chi connectivity index (χ4n) is 3.50. The van der Waals surface area contributed by atoms with E-state index in [1.165, 1.54) is 49.5 Å². The number of carbonyl (C=O) groups is 4. The molecule has 0 saturated carbocycles. The number of anilines is 1. The van der Waals surface area contributed by atoms with E-state index in [1.807, 2.05) is 0 Å². The number of aromatic carboxylic acids is 1. The molecule has 32 heavy (non-hydrogen) atoms. The lowest BCUT2D eigenvalue weighted by Crippen LogP contribution is -2.14. The Morgan fingerprint density at radius 1 is 1.12 bits per heavy atom. The van der Waals surface area contributed by atoms with Gasteiger partial charge in [0.2, 0.25) is 5.91 Å². The minimum atomic E-state index is -1.05. The van der Waals surface area contributed by atoms with E-state index in [9.17, 15) is 24.3 Å². The molecule has 2 aromatic rings. The van der Waals surface area contributed by atoms with Crippen molar-refractivity contribution >= 4 is 46.2 Å². The van der Waals surface area contributed by atoms with Crippen LogP contribution in [0.3, 0.4) is 0 Å². The number of hydrogen-bond acceptors (Lipinski definition) is 7.